The van der Waals surface area contributed by atoms with Crippen molar-refractivity contribution >= 4 is 16.9 Å². The summed E-state index contributed by atoms with van der Waals surface area (Å²) in [5.74, 6) is -0.293. The van der Waals surface area contributed by atoms with Crippen LogP contribution in [0.2, 0.25) is 0 Å². The lowest BCUT2D eigenvalue weighted by atomic mass is 10.4. The Labute approximate surface area is 83.1 Å². The molecular formula is C8H15ClO2S. The smallest absolute Gasteiger partial charge is 0.337 e. The van der Waals surface area contributed by atoms with Gasteiger partial charge in [0.2, 0.25) is 0 Å². The topological polar surface area (TPSA) is 26.3 Å². The van der Waals surface area contributed by atoms with Crippen molar-refractivity contribution in [1.82, 2.24) is 0 Å². The standard InChI is InChI=1S/C8H15O2S.ClH/c1-6(2)8(9)10-7(3)11(4)5;/h7H,1H2,2-5H3;1H/q+1;/p-1. The Morgan fingerprint density at radius 3 is 2.17 bits per heavy atom. The number of hydrogen-bond acceptors (Lipinski definition) is 2. The predicted molar refractivity (Wildman–Crippen MR) is 49.6 cm³/mol. The molecule has 1 unspecified atom stereocenters. The average molecular weight is 211 g/mol. The number of carbonyl (C=O) groups is 1. The summed E-state index contributed by atoms with van der Waals surface area (Å²) in [6.45, 7) is 7.04. The minimum Gasteiger partial charge on any atom is -1.00 e. The van der Waals surface area contributed by atoms with Gasteiger partial charge >= 0.3 is 5.97 Å². The van der Waals surface area contributed by atoms with Crippen LogP contribution in [0, 0.1) is 0 Å². The van der Waals surface area contributed by atoms with Gasteiger partial charge in [0.25, 0.3) is 5.44 Å². The van der Waals surface area contributed by atoms with Crippen LogP contribution in [0.25, 0.3) is 0 Å². The Balaban J connectivity index is 0. The van der Waals surface area contributed by atoms with Crippen LogP contribution in [0.5, 0.6) is 0 Å². The van der Waals surface area contributed by atoms with Crippen molar-refractivity contribution in [2.24, 2.45) is 0 Å². The van der Waals surface area contributed by atoms with Gasteiger partial charge in [0.05, 0.1) is 0 Å². The third-order valence-corrected chi connectivity index (χ3v) is 2.71. The van der Waals surface area contributed by atoms with Crippen molar-refractivity contribution in [1.29, 1.82) is 0 Å². The molecule has 12 heavy (non-hydrogen) atoms. The molecule has 1 atom stereocenters. The van der Waals surface area contributed by atoms with E-state index in [1.54, 1.807) is 6.92 Å². The summed E-state index contributed by atoms with van der Waals surface area (Å²) >= 11 is 0. The van der Waals surface area contributed by atoms with Crippen molar-refractivity contribution in [3.63, 3.8) is 0 Å². The fraction of sp³-hybridized carbons (Fsp3) is 0.625. The van der Waals surface area contributed by atoms with E-state index in [9.17, 15) is 4.79 Å². The van der Waals surface area contributed by atoms with Crippen LogP contribution in [0.15, 0.2) is 12.2 Å². The monoisotopic (exact) mass is 210 g/mol. The molecule has 0 saturated carbocycles. The van der Waals surface area contributed by atoms with Crippen LogP contribution in [0.1, 0.15) is 13.8 Å². The van der Waals surface area contributed by atoms with E-state index < -0.39 is 0 Å². The lowest BCUT2D eigenvalue weighted by molar-refractivity contribution is -0.139. The molecule has 0 bridgehead atoms. The molecule has 0 spiro atoms. The summed E-state index contributed by atoms with van der Waals surface area (Å²) in [5, 5.41) is 0. The Morgan fingerprint density at radius 1 is 1.50 bits per heavy atom. The van der Waals surface area contributed by atoms with E-state index in [2.05, 4.69) is 6.58 Å². The molecule has 2 nitrogen and oxygen atoms in total. The molecule has 0 aliphatic rings. The van der Waals surface area contributed by atoms with Gasteiger partial charge in [-0.05, 0) is 6.92 Å². The summed E-state index contributed by atoms with van der Waals surface area (Å²) in [6.07, 6.45) is 4.08. The summed E-state index contributed by atoms with van der Waals surface area (Å²) in [5.41, 5.74) is 0.460. The highest BCUT2D eigenvalue weighted by Crippen LogP contribution is 2.03. The number of rotatable bonds is 3. The molecule has 0 heterocycles. The van der Waals surface area contributed by atoms with Gasteiger partial charge in [-0.3, -0.25) is 0 Å². The zero-order valence-electron chi connectivity index (χ0n) is 7.89. The van der Waals surface area contributed by atoms with Gasteiger partial charge in [-0.2, -0.15) is 0 Å². The first-order valence-corrected chi connectivity index (χ1v) is 5.48. The number of halogens is 1. The minimum absolute atomic E-state index is 0. The van der Waals surface area contributed by atoms with Crippen LogP contribution in [0.4, 0.5) is 0 Å². The number of esters is 1. The molecule has 0 N–H and O–H groups in total. The maximum absolute atomic E-state index is 10.9. The van der Waals surface area contributed by atoms with E-state index in [1.807, 2.05) is 19.4 Å². The van der Waals surface area contributed by atoms with Gasteiger partial charge in [0.1, 0.15) is 12.5 Å². The SMILES string of the molecule is C=C(C)C(=O)OC(C)[S+](C)C.[Cl-]. The predicted octanol–water partition coefficient (Wildman–Crippen LogP) is -1.67. The maximum Gasteiger partial charge on any atom is 0.337 e. The molecule has 0 amide bonds. The van der Waals surface area contributed by atoms with E-state index in [0.717, 1.165) is 0 Å². The van der Waals surface area contributed by atoms with Crippen LogP contribution >= 0.6 is 0 Å². The van der Waals surface area contributed by atoms with Crippen molar-refractivity contribution < 1.29 is 21.9 Å². The van der Waals surface area contributed by atoms with E-state index in [0.29, 0.717) is 5.57 Å². The van der Waals surface area contributed by atoms with Crippen LogP contribution < -0.4 is 12.4 Å². The highest BCUT2D eigenvalue weighted by molar-refractivity contribution is 7.95. The fourth-order valence-electron chi connectivity index (χ4n) is 0.348. The van der Waals surface area contributed by atoms with Crippen molar-refractivity contribution in [3.05, 3.63) is 12.2 Å². The molecule has 0 aromatic heterocycles. The highest BCUT2D eigenvalue weighted by Gasteiger charge is 2.19. The van der Waals surface area contributed by atoms with E-state index >= 15 is 0 Å². The molecule has 72 valence electrons. The molecule has 4 heteroatoms. The maximum atomic E-state index is 10.9. The van der Waals surface area contributed by atoms with Crippen LogP contribution in [-0.4, -0.2) is 23.9 Å². The highest BCUT2D eigenvalue weighted by atomic mass is 35.5. The van der Waals surface area contributed by atoms with Crippen molar-refractivity contribution in [2.75, 3.05) is 12.5 Å². The molecule has 0 rings (SSSR count). The van der Waals surface area contributed by atoms with Gasteiger partial charge in [0, 0.05) is 23.4 Å². The van der Waals surface area contributed by atoms with Gasteiger partial charge < -0.3 is 17.1 Å². The lowest BCUT2D eigenvalue weighted by Gasteiger charge is -2.08. The first kappa shape index (κ1) is 14.4. The Morgan fingerprint density at radius 2 is 1.92 bits per heavy atom. The Hall–Kier alpha value is -0.150. The molecular weight excluding hydrogens is 196 g/mol. The Bertz CT molecular complexity index is 168. The Kier molecular flexibility index (Phi) is 7.64. The summed E-state index contributed by atoms with van der Waals surface area (Å²) < 4.78 is 5.05. The number of carbonyl (C=O) groups excluding carboxylic acids is 1. The number of ether oxygens (including phenoxy) is 1. The number of hydrogen-bond donors (Lipinski definition) is 0. The normalized spacial score (nSPS) is 11.8. The van der Waals surface area contributed by atoms with Gasteiger partial charge in [-0.15, -0.1) is 0 Å². The molecule has 0 aromatic rings. The molecule has 0 saturated heterocycles. The van der Waals surface area contributed by atoms with Crippen molar-refractivity contribution in [3.8, 4) is 0 Å². The second kappa shape index (κ2) is 6.38. The molecule has 0 fully saturated rings. The summed E-state index contributed by atoms with van der Waals surface area (Å²) in [6, 6.07) is 0. The van der Waals surface area contributed by atoms with Crippen molar-refractivity contribution in [2.45, 2.75) is 19.3 Å². The zero-order valence-corrected chi connectivity index (χ0v) is 9.46. The largest absolute Gasteiger partial charge is 1.00 e. The van der Waals surface area contributed by atoms with E-state index in [-0.39, 0.29) is 34.7 Å². The fourth-order valence-corrected chi connectivity index (χ4v) is 0.627. The van der Waals surface area contributed by atoms with Crippen LogP contribution in [-0.2, 0) is 20.4 Å². The molecule has 0 aliphatic carbocycles. The molecule has 0 aliphatic heterocycles. The third kappa shape index (κ3) is 5.49. The first-order valence-electron chi connectivity index (χ1n) is 3.38. The minimum atomic E-state index is -0.293. The van der Waals surface area contributed by atoms with Gasteiger partial charge in [-0.25, -0.2) is 4.79 Å². The lowest BCUT2D eigenvalue weighted by Crippen LogP contribution is -3.00. The third-order valence-electron chi connectivity index (χ3n) is 1.29. The molecule has 0 aromatic carbocycles. The summed E-state index contributed by atoms with van der Waals surface area (Å²) in [4.78, 5) is 10.9. The molecule has 0 radical (unpaired) electrons. The van der Waals surface area contributed by atoms with Crippen LogP contribution in [0.3, 0.4) is 0 Å². The average Bonchev–Trinajstić information content (AvgIpc) is 1.87. The zero-order chi connectivity index (χ0) is 9.02. The second-order valence-corrected chi connectivity index (χ2v) is 5.06. The second-order valence-electron chi connectivity index (χ2n) is 2.63. The van der Waals surface area contributed by atoms with E-state index in [4.69, 9.17) is 4.74 Å². The van der Waals surface area contributed by atoms with Gasteiger partial charge in [-0.1, -0.05) is 6.58 Å². The first-order chi connectivity index (χ1) is 4.95. The quantitative estimate of drug-likeness (QED) is 0.317. The summed E-state index contributed by atoms with van der Waals surface area (Å²) in [7, 11) is 0.118. The van der Waals surface area contributed by atoms with E-state index in [1.165, 1.54) is 0 Å². The van der Waals surface area contributed by atoms with Gasteiger partial charge in [0.15, 0.2) is 0 Å².